The molecule has 1 atom stereocenters. The number of aliphatic hydroxyl groups excluding tert-OH is 1. The van der Waals surface area contributed by atoms with Crippen LogP contribution >= 0.6 is 0 Å². The Kier molecular flexibility index (Phi) is 6.43. The molecule has 2 aromatic rings. The molecule has 0 aliphatic heterocycles. The quantitative estimate of drug-likeness (QED) is 0.817. The smallest absolute Gasteiger partial charge is 0.225 e. The minimum Gasteiger partial charge on any atom is -0.392 e. The van der Waals surface area contributed by atoms with Gasteiger partial charge in [-0.25, -0.2) is 4.39 Å². The minimum atomic E-state index is -1.15. The maximum absolute atomic E-state index is 12.8. The van der Waals surface area contributed by atoms with Crippen molar-refractivity contribution in [3.05, 3.63) is 65.5 Å². The van der Waals surface area contributed by atoms with Gasteiger partial charge in [-0.2, -0.15) is 0 Å². The lowest BCUT2D eigenvalue weighted by Gasteiger charge is -2.06. The highest BCUT2D eigenvalue weighted by Gasteiger charge is 2.07. The van der Waals surface area contributed by atoms with Crippen molar-refractivity contribution in [2.75, 3.05) is 11.1 Å². The van der Waals surface area contributed by atoms with Crippen LogP contribution in [0.3, 0.4) is 0 Å². The second-order valence-corrected chi connectivity index (χ2v) is 6.64. The third kappa shape index (κ3) is 5.92. The summed E-state index contributed by atoms with van der Waals surface area (Å²) in [6.07, 6.45) is 0.138. The van der Waals surface area contributed by atoms with Crippen molar-refractivity contribution in [3.8, 4) is 0 Å². The molecule has 2 rings (SSSR count). The third-order valence-corrected chi connectivity index (χ3v) is 4.53. The molecule has 0 bridgehead atoms. The first-order valence-corrected chi connectivity index (χ1v) is 8.64. The van der Waals surface area contributed by atoms with E-state index in [1.807, 2.05) is 12.1 Å². The Bertz CT molecular complexity index is 671. The summed E-state index contributed by atoms with van der Waals surface area (Å²) < 4.78 is 24.8. The highest BCUT2D eigenvalue weighted by atomic mass is 32.2. The number of anilines is 1. The summed E-state index contributed by atoms with van der Waals surface area (Å²) in [5, 5.41) is 11.6. The molecule has 2 aromatic carbocycles. The van der Waals surface area contributed by atoms with Crippen LogP contribution in [-0.4, -0.2) is 21.0 Å². The number of halogens is 1. The first kappa shape index (κ1) is 17.3. The van der Waals surface area contributed by atoms with Gasteiger partial charge in [-0.05, 0) is 35.4 Å². The number of nitrogens with one attached hydrogen (secondary N) is 1. The molecule has 0 spiro atoms. The van der Waals surface area contributed by atoms with Gasteiger partial charge in [0.2, 0.25) is 5.91 Å². The van der Waals surface area contributed by atoms with Crippen molar-refractivity contribution < 1.29 is 18.5 Å². The van der Waals surface area contributed by atoms with Gasteiger partial charge < -0.3 is 10.4 Å². The SMILES string of the molecule is O=C(CCS(=O)Cc1ccc(CO)cc1)Nc1ccc(F)cc1. The fourth-order valence-corrected chi connectivity index (χ4v) is 3.08. The first-order valence-electron chi connectivity index (χ1n) is 7.16. The molecule has 0 radical (unpaired) electrons. The van der Waals surface area contributed by atoms with E-state index in [0.717, 1.165) is 11.1 Å². The molecule has 0 aliphatic carbocycles. The summed E-state index contributed by atoms with van der Waals surface area (Å²) in [6.45, 7) is -0.0209. The van der Waals surface area contributed by atoms with Gasteiger partial charge in [-0.15, -0.1) is 0 Å². The maximum Gasteiger partial charge on any atom is 0.225 e. The van der Waals surface area contributed by atoms with Crippen molar-refractivity contribution in [3.63, 3.8) is 0 Å². The minimum absolute atomic E-state index is 0.0209. The molecule has 1 unspecified atom stereocenters. The molecule has 0 aromatic heterocycles. The van der Waals surface area contributed by atoms with Crippen LogP contribution in [0.25, 0.3) is 0 Å². The number of hydrogen-bond acceptors (Lipinski definition) is 3. The highest BCUT2D eigenvalue weighted by Crippen LogP contribution is 2.10. The van der Waals surface area contributed by atoms with Gasteiger partial charge in [-0.3, -0.25) is 9.00 Å². The van der Waals surface area contributed by atoms with Crippen molar-refractivity contribution in [1.82, 2.24) is 0 Å². The van der Waals surface area contributed by atoms with Crippen molar-refractivity contribution in [1.29, 1.82) is 0 Å². The molecule has 2 N–H and O–H groups in total. The molecule has 0 saturated carbocycles. The number of benzene rings is 2. The zero-order valence-electron chi connectivity index (χ0n) is 12.5. The summed E-state index contributed by atoms with van der Waals surface area (Å²) >= 11 is 0. The molecule has 6 heteroatoms. The van der Waals surface area contributed by atoms with E-state index in [1.54, 1.807) is 12.1 Å². The molecular formula is C17H18FNO3S. The Hall–Kier alpha value is -2.05. The third-order valence-electron chi connectivity index (χ3n) is 3.22. The van der Waals surface area contributed by atoms with Gasteiger partial charge in [0.25, 0.3) is 0 Å². The van der Waals surface area contributed by atoms with Crippen molar-refractivity contribution >= 4 is 22.4 Å². The van der Waals surface area contributed by atoms with Gasteiger partial charge in [0.15, 0.2) is 0 Å². The molecule has 0 aliphatic rings. The number of amides is 1. The summed E-state index contributed by atoms with van der Waals surface area (Å²) in [5.74, 6) is 0.0153. The fraction of sp³-hybridized carbons (Fsp3) is 0.235. The van der Waals surface area contributed by atoms with Crippen molar-refractivity contribution in [2.24, 2.45) is 0 Å². The predicted molar refractivity (Wildman–Crippen MR) is 88.7 cm³/mol. The summed E-state index contributed by atoms with van der Waals surface area (Å²) in [4.78, 5) is 11.8. The lowest BCUT2D eigenvalue weighted by atomic mass is 10.2. The average molecular weight is 335 g/mol. The maximum atomic E-state index is 12.8. The van der Waals surface area contributed by atoms with E-state index >= 15 is 0 Å². The predicted octanol–water partition coefficient (Wildman–Crippen LogP) is 2.60. The first-order chi connectivity index (χ1) is 11.1. The van der Waals surface area contributed by atoms with Crippen molar-refractivity contribution in [2.45, 2.75) is 18.8 Å². The molecule has 0 saturated heterocycles. The molecule has 0 fully saturated rings. The zero-order valence-corrected chi connectivity index (χ0v) is 13.3. The van der Waals surface area contributed by atoms with Crippen LogP contribution in [0.2, 0.25) is 0 Å². The van der Waals surface area contributed by atoms with Crippen LogP contribution in [0.4, 0.5) is 10.1 Å². The van der Waals surface area contributed by atoms with Crippen LogP contribution in [0.5, 0.6) is 0 Å². The number of carbonyl (C=O) groups is 1. The summed E-state index contributed by atoms with van der Waals surface area (Å²) in [7, 11) is -1.15. The molecule has 23 heavy (non-hydrogen) atoms. The number of rotatable bonds is 7. The molecule has 4 nitrogen and oxygen atoms in total. The zero-order chi connectivity index (χ0) is 16.7. The Labute approximate surface area is 136 Å². The second-order valence-electron chi connectivity index (χ2n) is 5.07. The fourth-order valence-electron chi connectivity index (χ4n) is 1.96. The Morgan fingerprint density at radius 1 is 1.04 bits per heavy atom. The van der Waals surface area contributed by atoms with E-state index in [1.165, 1.54) is 24.3 Å². The lowest BCUT2D eigenvalue weighted by molar-refractivity contribution is -0.115. The van der Waals surface area contributed by atoms with Gasteiger partial charge in [0.1, 0.15) is 5.82 Å². The van der Waals surface area contributed by atoms with Gasteiger partial charge in [0, 0.05) is 34.4 Å². The Balaban J connectivity index is 1.76. The van der Waals surface area contributed by atoms with E-state index in [0.29, 0.717) is 11.4 Å². The normalized spacial score (nSPS) is 11.9. The number of hydrogen-bond donors (Lipinski definition) is 2. The van der Waals surface area contributed by atoms with Crippen LogP contribution in [0.15, 0.2) is 48.5 Å². The number of aliphatic hydroxyl groups is 1. The molecule has 0 heterocycles. The van der Waals surface area contributed by atoms with Crippen LogP contribution in [0.1, 0.15) is 17.5 Å². The van der Waals surface area contributed by atoms with E-state index in [-0.39, 0.29) is 30.5 Å². The van der Waals surface area contributed by atoms with E-state index < -0.39 is 10.8 Å². The van der Waals surface area contributed by atoms with Gasteiger partial charge in [-0.1, -0.05) is 24.3 Å². The largest absolute Gasteiger partial charge is 0.392 e. The summed E-state index contributed by atoms with van der Waals surface area (Å²) in [5.41, 5.74) is 2.22. The average Bonchev–Trinajstić information content (AvgIpc) is 2.56. The van der Waals surface area contributed by atoms with E-state index in [4.69, 9.17) is 5.11 Å². The monoisotopic (exact) mass is 335 g/mol. The standard InChI is InChI=1S/C17H18FNO3S/c18-15-5-7-16(8-6-15)19-17(21)9-10-23(22)12-14-3-1-13(11-20)2-4-14/h1-8,20H,9-12H2,(H,19,21). The molecule has 122 valence electrons. The van der Waals surface area contributed by atoms with E-state index in [9.17, 15) is 13.4 Å². The summed E-state index contributed by atoms with van der Waals surface area (Å²) in [6, 6.07) is 12.7. The Morgan fingerprint density at radius 2 is 1.65 bits per heavy atom. The van der Waals surface area contributed by atoms with E-state index in [2.05, 4.69) is 5.32 Å². The van der Waals surface area contributed by atoms with Crippen LogP contribution in [0, 0.1) is 5.82 Å². The molecule has 1 amide bonds. The topological polar surface area (TPSA) is 66.4 Å². The van der Waals surface area contributed by atoms with Gasteiger partial charge >= 0.3 is 0 Å². The van der Waals surface area contributed by atoms with Gasteiger partial charge in [0.05, 0.1) is 6.61 Å². The second kappa shape index (κ2) is 8.55. The van der Waals surface area contributed by atoms with Crippen LogP contribution < -0.4 is 5.32 Å². The highest BCUT2D eigenvalue weighted by molar-refractivity contribution is 7.84. The Morgan fingerprint density at radius 3 is 2.26 bits per heavy atom. The lowest BCUT2D eigenvalue weighted by Crippen LogP contribution is -2.15. The number of carbonyl (C=O) groups excluding carboxylic acids is 1. The molecular weight excluding hydrogens is 317 g/mol. The van der Waals surface area contributed by atoms with Crippen LogP contribution in [-0.2, 0) is 28.0 Å².